The van der Waals surface area contributed by atoms with Gasteiger partial charge in [-0.2, -0.15) is 5.26 Å². The first-order chi connectivity index (χ1) is 9.98. The van der Waals surface area contributed by atoms with Crippen molar-refractivity contribution in [2.45, 2.75) is 44.6 Å². The molecule has 2 atom stereocenters. The van der Waals surface area contributed by atoms with Gasteiger partial charge < -0.3 is 9.73 Å². The summed E-state index contributed by atoms with van der Waals surface area (Å²) in [4.78, 5) is 4.36. The second kappa shape index (κ2) is 4.92. The monoisotopic (exact) mass is 281 g/mol. The summed E-state index contributed by atoms with van der Waals surface area (Å²) < 4.78 is 5.81. The summed E-state index contributed by atoms with van der Waals surface area (Å²) in [6.07, 6.45) is 1.03. The Kier molecular flexibility index (Phi) is 3.21. The first-order valence-electron chi connectivity index (χ1n) is 7.22. The largest absolute Gasteiger partial charge is 0.424 e. The van der Waals surface area contributed by atoms with Crippen molar-refractivity contribution in [1.29, 1.82) is 5.26 Å². The van der Waals surface area contributed by atoms with E-state index in [2.05, 4.69) is 28.5 Å². The summed E-state index contributed by atoms with van der Waals surface area (Å²) in [6.45, 7) is 6.08. The third kappa shape index (κ3) is 2.92. The molecule has 1 aliphatic rings. The molecule has 1 aromatic heterocycles. The third-order valence-electron chi connectivity index (χ3n) is 3.57. The molecule has 1 aliphatic carbocycles. The van der Waals surface area contributed by atoms with E-state index in [9.17, 15) is 5.26 Å². The van der Waals surface area contributed by atoms with Crippen LogP contribution in [0.25, 0.3) is 0 Å². The molecule has 0 bridgehead atoms. The third-order valence-corrected chi connectivity index (χ3v) is 3.57. The van der Waals surface area contributed by atoms with Crippen molar-refractivity contribution in [3.8, 4) is 6.07 Å². The number of benzene rings is 1. The van der Waals surface area contributed by atoms with Gasteiger partial charge in [-0.15, -0.1) is 0 Å². The Morgan fingerprint density at radius 3 is 2.57 bits per heavy atom. The summed E-state index contributed by atoms with van der Waals surface area (Å²) in [5.41, 5.74) is 1.49. The lowest BCUT2D eigenvalue weighted by Gasteiger charge is -2.19. The van der Waals surface area contributed by atoms with Gasteiger partial charge in [0.2, 0.25) is 17.5 Å². The van der Waals surface area contributed by atoms with E-state index in [-0.39, 0.29) is 11.5 Å². The van der Waals surface area contributed by atoms with Gasteiger partial charge >= 0.3 is 0 Å². The van der Waals surface area contributed by atoms with E-state index in [1.165, 1.54) is 5.56 Å². The lowest BCUT2D eigenvalue weighted by molar-refractivity contribution is 0.487. The quantitative estimate of drug-likeness (QED) is 0.922. The molecule has 1 aromatic carbocycles. The number of nitriles is 1. The van der Waals surface area contributed by atoms with Crippen molar-refractivity contribution in [1.82, 2.24) is 4.98 Å². The highest BCUT2D eigenvalue weighted by atomic mass is 16.4. The van der Waals surface area contributed by atoms with Crippen molar-refractivity contribution in [2.24, 2.45) is 0 Å². The molecule has 2 unspecified atom stereocenters. The minimum absolute atomic E-state index is 0.162. The molecular weight excluding hydrogens is 262 g/mol. The summed E-state index contributed by atoms with van der Waals surface area (Å²) in [7, 11) is 0. The lowest BCUT2D eigenvalue weighted by atomic mass is 10.1. The molecule has 1 fully saturated rings. The lowest BCUT2D eigenvalue weighted by Crippen LogP contribution is -2.26. The van der Waals surface area contributed by atoms with Crippen LogP contribution in [-0.2, 0) is 0 Å². The SMILES string of the molecule is CC(C)(C)Nc1oc(C2CC2c2ccccc2)nc1C#N. The Morgan fingerprint density at radius 1 is 1.24 bits per heavy atom. The molecule has 3 rings (SSSR count). The summed E-state index contributed by atoms with van der Waals surface area (Å²) >= 11 is 0. The molecule has 0 amide bonds. The van der Waals surface area contributed by atoms with Crippen molar-refractivity contribution < 1.29 is 4.42 Å². The number of rotatable bonds is 3. The number of hydrogen-bond donors (Lipinski definition) is 1. The van der Waals surface area contributed by atoms with Gasteiger partial charge in [0.15, 0.2) is 0 Å². The number of hydrogen-bond acceptors (Lipinski definition) is 4. The highest BCUT2D eigenvalue weighted by Gasteiger charge is 2.43. The second-order valence-electron chi connectivity index (χ2n) is 6.58. The molecule has 0 radical (unpaired) electrons. The van der Waals surface area contributed by atoms with E-state index in [4.69, 9.17) is 4.42 Å². The maximum atomic E-state index is 9.20. The summed E-state index contributed by atoms with van der Waals surface area (Å²) in [5, 5.41) is 12.4. The molecule has 108 valence electrons. The zero-order valence-corrected chi connectivity index (χ0v) is 12.6. The van der Waals surface area contributed by atoms with Crippen LogP contribution in [0.15, 0.2) is 34.7 Å². The van der Waals surface area contributed by atoms with Crippen LogP contribution in [0.1, 0.15) is 56.2 Å². The van der Waals surface area contributed by atoms with Gasteiger partial charge in [0.1, 0.15) is 6.07 Å². The zero-order chi connectivity index (χ0) is 15.0. The maximum Gasteiger partial charge on any atom is 0.232 e. The van der Waals surface area contributed by atoms with Gasteiger partial charge in [0.25, 0.3) is 0 Å². The molecule has 1 heterocycles. The molecule has 0 aliphatic heterocycles. The number of anilines is 1. The minimum Gasteiger partial charge on any atom is -0.424 e. The first-order valence-corrected chi connectivity index (χ1v) is 7.22. The predicted molar refractivity (Wildman–Crippen MR) is 81.1 cm³/mol. The van der Waals surface area contributed by atoms with Crippen LogP contribution in [0.4, 0.5) is 5.88 Å². The average Bonchev–Trinajstić information content (AvgIpc) is 3.14. The fraction of sp³-hybridized carbons (Fsp3) is 0.412. The Hall–Kier alpha value is -2.28. The van der Waals surface area contributed by atoms with Gasteiger partial charge in [0.05, 0.1) is 0 Å². The highest BCUT2D eigenvalue weighted by Crippen LogP contribution is 2.54. The van der Waals surface area contributed by atoms with Crippen LogP contribution in [-0.4, -0.2) is 10.5 Å². The van der Waals surface area contributed by atoms with Crippen molar-refractivity contribution in [2.75, 3.05) is 5.32 Å². The zero-order valence-electron chi connectivity index (χ0n) is 12.6. The highest BCUT2D eigenvalue weighted by molar-refractivity contribution is 5.48. The number of aromatic nitrogens is 1. The van der Waals surface area contributed by atoms with Crippen LogP contribution < -0.4 is 5.32 Å². The molecule has 2 aromatic rings. The Labute approximate surface area is 124 Å². The molecular formula is C17H19N3O. The molecule has 4 nitrogen and oxygen atoms in total. The van der Waals surface area contributed by atoms with E-state index in [0.717, 1.165) is 6.42 Å². The maximum absolute atomic E-state index is 9.20. The molecule has 4 heteroatoms. The Bertz CT molecular complexity index is 676. The van der Waals surface area contributed by atoms with Crippen LogP contribution in [0.5, 0.6) is 0 Å². The van der Waals surface area contributed by atoms with E-state index >= 15 is 0 Å². The molecule has 1 N–H and O–H groups in total. The van der Waals surface area contributed by atoms with Gasteiger partial charge in [-0.25, -0.2) is 4.98 Å². The number of nitrogens with one attached hydrogen (secondary N) is 1. The van der Waals surface area contributed by atoms with Crippen molar-refractivity contribution in [3.05, 3.63) is 47.5 Å². The van der Waals surface area contributed by atoms with Crippen LogP contribution in [0, 0.1) is 11.3 Å². The molecule has 1 saturated carbocycles. The van der Waals surface area contributed by atoms with E-state index in [1.807, 2.05) is 39.0 Å². The van der Waals surface area contributed by atoms with Crippen molar-refractivity contribution in [3.63, 3.8) is 0 Å². The number of oxazole rings is 1. The first kappa shape index (κ1) is 13.7. The summed E-state index contributed by atoms with van der Waals surface area (Å²) in [5.74, 6) is 1.90. The Balaban J connectivity index is 1.81. The summed E-state index contributed by atoms with van der Waals surface area (Å²) in [6, 6.07) is 12.5. The smallest absolute Gasteiger partial charge is 0.232 e. The minimum atomic E-state index is -0.162. The normalized spacial score (nSPS) is 20.9. The van der Waals surface area contributed by atoms with Gasteiger partial charge in [0, 0.05) is 11.5 Å². The van der Waals surface area contributed by atoms with E-state index in [1.54, 1.807) is 0 Å². The fourth-order valence-electron chi connectivity index (χ4n) is 2.53. The molecule has 0 saturated heterocycles. The molecule has 21 heavy (non-hydrogen) atoms. The fourth-order valence-corrected chi connectivity index (χ4v) is 2.53. The Morgan fingerprint density at radius 2 is 1.95 bits per heavy atom. The topological polar surface area (TPSA) is 61.9 Å². The van der Waals surface area contributed by atoms with Crippen LogP contribution in [0.3, 0.4) is 0 Å². The van der Waals surface area contributed by atoms with Crippen LogP contribution >= 0.6 is 0 Å². The predicted octanol–water partition coefficient (Wildman–Crippen LogP) is 4.03. The second-order valence-corrected chi connectivity index (χ2v) is 6.58. The molecule has 0 spiro atoms. The number of nitrogens with zero attached hydrogens (tertiary/aromatic N) is 2. The van der Waals surface area contributed by atoms with E-state index in [0.29, 0.717) is 23.4 Å². The van der Waals surface area contributed by atoms with E-state index < -0.39 is 0 Å². The van der Waals surface area contributed by atoms with Gasteiger partial charge in [-0.3, -0.25) is 0 Å². The van der Waals surface area contributed by atoms with Gasteiger partial charge in [-0.05, 0) is 38.7 Å². The average molecular weight is 281 g/mol. The van der Waals surface area contributed by atoms with Gasteiger partial charge in [-0.1, -0.05) is 30.3 Å². The van der Waals surface area contributed by atoms with Crippen LogP contribution in [0.2, 0.25) is 0 Å². The van der Waals surface area contributed by atoms with Crippen molar-refractivity contribution >= 4 is 5.88 Å². The standard InChI is InChI=1S/C17H19N3O/c1-17(2,3)20-16-14(10-18)19-15(21-16)13-9-12(13)11-7-5-4-6-8-11/h4-8,12-13,20H,9H2,1-3H3.